The van der Waals surface area contributed by atoms with Crippen molar-refractivity contribution in [1.29, 1.82) is 0 Å². The van der Waals surface area contributed by atoms with Gasteiger partial charge in [-0.1, -0.05) is 23.2 Å². The first-order valence-corrected chi connectivity index (χ1v) is 7.43. The smallest absolute Gasteiger partial charge is 0.281 e. The zero-order chi connectivity index (χ0) is 14.9. The summed E-state index contributed by atoms with van der Waals surface area (Å²) in [6.07, 6.45) is 1.29. The van der Waals surface area contributed by atoms with Gasteiger partial charge in [0.25, 0.3) is 10.0 Å². The molecule has 0 bridgehead atoms. The summed E-state index contributed by atoms with van der Waals surface area (Å²) in [5, 5.41) is -0.940. The molecule has 3 N–H and O–H groups in total. The van der Waals surface area contributed by atoms with Crippen molar-refractivity contribution in [2.75, 3.05) is 10.5 Å². The molecule has 20 heavy (non-hydrogen) atoms. The number of hydrogen-bond donors (Lipinski definition) is 2. The number of benzene rings is 1. The molecule has 0 saturated carbocycles. The van der Waals surface area contributed by atoms with E-state index in [1.54, 1.807) is 0 Å². The zero-order valence-electron chi connectivity index (χ0n) is 9.77. The predicted molar refractivity (Wildman–Crippen MR) is 75.9 cm³/mol. The third-order valence-electron chi connectivity index (χ3n) is 2.29. The van der Waals surface area contributed by atoms with Crippen LogP contribution in [-0.2, 0) is 10.0 Å². The predicted octanol–water partition coefficient (Wildman–Crippen LogP) is 2.91. The summed E-state index contributed by atoms with van der Waals surface area (Å²) in [7, 11) is -4.02. The van der Waals surface area contributed by atoms with Crippen molar-refractivity contribution < 1.29 is 12.8 Å². The van der Waals surface area contributed by atoms with Gasteiger partial charge in [0.05, 0.1) is 21.4 Å². The van der Waals surface area contributed by atoms with Gasteiger partial charge in [-0.25, -0.2) is 9.37 Å². The van der Waals surface area contributed by atoms with E-state index in [9.17, 15) is 12.8 Å². The summed E-state index contributed by atoms with van der Waals surface area (Å²) in [6.45, 7) is 0. The molecule has 106 valence electrons. The maximum absolute atomic E-state index is 13.3. The minimum atomic E-state index is -4.02. The Balaban J connectivity index is 2.42. The molecule has 0 fully saturated rings. The van der Waals surface area contributed by atoms with Crippen LogP contribution in [0, 0.1) is 5.82 Å². The van der Waals surface area contributed by atoms with Crippen LogP contribution in [0.5, 0.6) is 0 Å². The normalized spacial score (nSPS) is 11.3. The van der Waals surface area contributed by atoms with Crippen LogP contribution < -0.4 is 10.5 Å². The highest BCUT2D eigenvalue weighted by Gasteiger charge is 2.20. The Hall–Kier alpha value is -1.57. The molecule has 0 aliphatic rings. The molecular formula is C11H8Cl2FN3O2S. The van der Waals surface area contributed by atoms with Gasteiger partial charge in [0.15, 0.2) is 10.8 Å². The number of nitrogens with zero attached hydrogens (tertiary/aromatic N) is 1. The molecule has 0 atom stereocenters. The second kappa shape index (κ2) is 5.43. The Labute approximate surface area is 124 Å². The molecule has 0 aliphatic heterocycles. The molecule has 9 heteroatoms. The second-order valence-corrected chi connectivity index (χ2v) is 6.17. The summed E-state index contributed by atoms with van der Waals surface area (Å²) in [5.41, 5.74) is 5.54. The SMILES string of the molecule is Nc1cccnc1S(=O)(=O)Nc1cc(Cl)c(F)c(Cl)c1. The van der Waals surface area contributed by atoms with E-state index in [0.29, 0.717) is 0 Å². The van der Waals surface area contributed by atoms with Crippen LogP contribution in [-0.4, -0.2) is 13.4 Å². The van der Waals surface area contributed by atoms with E-state index in [2.05, 4.69) is 9.71 Å². The van der Waals surface area contributed by atoms with Crippen molar-refractivity contribution in [2.24, 2.45) is 0 Å². The fourth-order valence-electron chi connectivity index (χ4n) is 1.45. The Bertz CT molecular complexity index is 745. The van der Waals surface area contributed by atoms with Crippen molar-refractivity contribution in [3.63, 3.8) is 0 Å². The molecule has 1 aromatic carbocycles. The number of anilines is 2. The lowest BCUT2D eigenvalue weighted by Crippen LogP contribution is -2.16. The molecule has 5 nitrogen and oxygen atoms in total. The monoisotopic (exact) mass is 335 g/mol. The fraction of sp³-hybridized carbons (Fsp3) is 0. The highest BCUT2D eigenvalue weighted by molar-refractivity contribution is 7.92. The van der Waals surface area contributed by atoms with Gasteiger partial charge < -0.3 is 5.73 Å². The lowest BCUT2D eigenvalue weighted by molar-refractivity contribution is 0.598. The number of nitrogens with one attached hydrogen (secondary N) is 1. The highest BCUT2D eigenvalue weighted by atomic mass is 35.5. The maximum Gasteiger partial charge on any atom is 0.281 e. The topological polar surface area (TPSA) is 85.1 Å². The largest absolute Gasteiger partial charge is 0.396 e. The summed E-state index contributed by atoms with van der Waals surface area (Å²) in [5.74, 6) is -0.825. The third kappa shape index (κ3) is 2.95. The van der Waals surface area contributed by atoms with Gasteiger partial charge in [0.1, 0.15) is 0 Å². The quantitative estimate of drug-likeness (QED) is 0.844. The number of nitrogen functional groups attached to an aromatic ring is 1. The fourth-order valence-corrected chi connectivity index (χ4v) is 3.04. The van der Waals surface area contributed by atoms with E-state index in [1.165, 1.54) is 18.3 Å². The van der Waals surface area contributed by atoms with Crippen LogP contribution >= 0.6 is 23.2 Å². The first kappa shape index (κ1) is 14.8. The molecule has 2 rings (SSSR count). The highest BCUT2D eigenvalue weighted by Crippen LogP contribution is 2.29. The number of hydrogen-bond acceptors (Lipinski definition) is 4. The van der Waals surface area contributed by atoms with Crippen LogP contribution in [0.25, 0.3) is 0 Å². The number of rotatable bonds is 3. The van der Waals surface area contributed by atoms with Crippen molar-refractivity contribution in [1.82, 2.24) is 4.98 Å². The number of sulfonamides is 1. The lowest BCUT2D eigenvalue weighted by atomic mass is 10.3. The molecule has 0 aliphatic carbocycles. The molecule has 0 radical (unpaired) electrons. The minimum Gasteiger partial charge on any atom is -0.396 e. The summed E-state index contributed by atoms with van der Waals surface area (Å²) in [4.78, 5) is 3.69. The van der Waals surface area contributed by atoms with E-state index in [0.717, 1.165) is 12.1 Å². The standard InChI is InChI=1S/C11H8Cl2FN3O2S/c12-7-4-6(5-8(13)10(7)14)17-20(18,19)11-9(15)2-1-3-16-11/h1-5,17H,15H2. The Kier molecular flexibility index (Phi) is 4.03. The molecule has 0 spiro atoms. The molecule has 0 amide bonds. The van der Waals surface area contributed by atoms with Crippen molar-refractivity contribution in [3.8, 4) is 0 Å². The van der Waals surface area contributed by atoms with E-state index in [1.807, 2.05) is 0 Å². The average Bonchev–Trinajstić information content (AvgIpc) is 2.35. The van der Waals surface area contributed by atoms with E-state index >= 15 is 0 Å². The van der Waals surface area contributed by atoms with Crippen LogP contribution in [0.3, 0.4) is 0 Å². The molecular weight excluding hydrogens is 328 g/mol. The van der Waals surface area contributed by atoms with Gasteiger partial charge >= 0.3 is 0 Å². The van der Waals surface area contributed by atoms with Crippen LogP contribution in [0.2, 0.25) is 10.0 Å². The van der Waals surface area contributed by atoms with E-state index in [4.69, 9.17) is 28.9 Å². The summed E-state index contributed by atoms with van der Waals surface area (Å²) < 4.78 is 39.6. The molecule has 1 heterocycles. The first-order valence-electron chi connectivity index (χ1n) is 5.19. The zero-order valence-corrected chi connectivity index (χ0v) is 12.1. The van der Waals surface area contributed by atoms with Gasteiger partial charge in [-0.05, 0) is 24.3 Å². The molecule has 1 aromatic heterocycles. The number of halogens is 3. The van der Waals surface area contributed by atoms with Gasteiger partial charge in [-0.15, -0.1) is 0 Å². The van der Waals surface area contributed by atoms with Gasteiger partial charge in [-0.2, -0.15) is 8.42 Å². The molecule has 0 saturated heterocycles. The van der Waals surface area contributed by atoms with Crippen LogP contribution in [0.4, 0.5) is 15.8 Å². The van der Waals surface area contributed by atoms with Gasteiger partial charge in [0.2, 0.25) is 0 Å². The van der Waals surface area contributed by atoms with Gasteiger partial charge in [-0.3, -0.25) is 4.72 Å². The van der Waals surface area contributed by atoms with Gasteiger partial charge in [0, 0.05) is 6.20 Å². The third-order valence-corrected chi connectivity index (χ3v) is 4.20. The second-order valence-electron chi connectivity index (χ2n) is 3.76. The van der Waals surface area contributed by atoms with Crippen molar-refractivity contribution in [3.05, 3.63) is 46.3 Å². The van der Waals surface area contributed by atoms with Crippen LogP contribution in [0.15, 0.2) is 35.5 Å². The molecule has 0 unspecified atom stereocenters. The summed E-state index contributed by atoms with van der Waals surface area (Å²) >= 11 is 11.2. The van der Waals surface area contributed by atoms with Crippen molar-refractivity contribution in [2.45, 2.75) is 5.03 Å². The maximum atomic E-state index is 13.3. The summed E-state index contributed by atoms with van der Waals surface area (Å²) in [6, 6.07) is 5.09. The first-order chi connectivity index (χ1) is 9.31. The number of pyridine rings is 1. The van der Waals surface area contributed by atoms with E-state index in [-0.39, 0.29) is 26.4 Å². The lowest BCUT2D eigenvalue weighted by Gasteiger charge is -2.10. The van der Waals surface area contributed by atoms with Crippen molar-refractivity contribution >= 4 is 44.6 Å². The van der Waals surface area contributed by atoms with Crippen LogP contribution in [0.1, 0.15) is 0 Å². The number of nitrogens with two attached hydrogens (primary N) is 1. The average molecular weight is 336 g/mol. The molecule has 2 aromatic rings. The Morgan fingerprint density at radius 3 is 2.40 bits per heavy atom. The Morgan fingerprint density at radius 1 is 1.25 bits per heavy atom. The Morgan fingerprint density at radius 2 is 1.85 bits per heavy atom. The minimum absolute atomic E-state index is 0.00598. The number of aromatic nitrogens is 1. The van der Waals surface area contributed by atoms with E-state index < -0.39 is 15.8 Å².